The fourth-order valence-corrected chi connectivity index (χ4v) is 1.24. The molecular weight excluding hydrogens is 236 g/mol. The zero-order chi connectivity index (χ0) is 9.68. The van der Waals surface area contributed by atoms with E-state index in [0.29, 0.717) is 0 Å². The molecule has 1 rings (SSSR count). The Morgan fingerprint density at radius 2 is 2.38 bits per heavy atom. The van der Waals surface area contributed by atoms with Crippen molar-refractivity contribution in [1.29, 1.82) is 0 Å². The number of ether oxygens (including phenoxy) is 1. The second-order valence-electron chi connectivity index (χ2n) is 2.55. The number of alkyl halides is 1. The third-order valence-electron chi connectivity index (χ3n) is 1.61. The van der Waals surface area contributed by atoms with Gasteiger partial charge in [-0.2, -0.15) is 0 Å². The highest BCUT2D eigenvalue weighted by atomic mass is 79.9. The molecule has 3 nitrogen and oxygen atoms in total. The van der Waals surface area contributed by atoms with E-state index in [0.717, 1.165) is 23.9 Å². The Kier molecular flexibility index (Phi) is 4.02. The number of halogens is 1. The molecule has 1 heterocycles. The second-order valence-corrected chi connectivity index (χ2v) is 3.34. The van der Waals surface area contributed by atoms with E-state index in [1.54, 1.807) is 12.1 Å². The number of hydrogen-bond donors (Lipinski definition) is 0. The van der Waals surface area contributed by atoms with Gasteiger partial charge in [0.2, 0.25) is 5.76 Å². The number of carbonyl (C=O) groups is 1. The predicted octanol–water partition coefficient (Wildman–Crippen LogP) is 2.39. The topological polar surface area (TPSA) is 39.4 Å². The summed E-state index contributed by atoms with van der Waals surface area (Å²) in [6.45, 7) is 0. The van der Waals surface area contributed by atoms with Crippen LogP contribution < -0.4 is 0 Å². The Morgan fingerprint density at radius 1 is 1.62 bits per heavy atom. The van der Waals surface area contributed by atoms with Crippen LogP contribution in [-0.4, -0.2) is 18.4 Å². The fourth-order valence-electron chi connectivity index (χ4n) is 0.964. The van der Waals surface area contributed by atoms with Crippen LogP contribution >= 0.6 is 15.9 Å². The maximum absolute atomic E-state index is 11.0. The van der Waals surface area contributed by atoms with E-state index in [1.165, 1.54) is 7.11 Å². The summed E-state index contributed by atoms with van der Waals surface area (Å²) >= 11 is 3.32. The third-order valence-corrected chi connectivity index (χ3v) is 2.17. The summed E-state index contributed by atoms with van der Waals surface area (Å²) in [5.74, 6) is 0.664. The van der Waals surface area contributed by atoms with Gasteiger partial charge in [-0.3, -0.25) is 0 Å². The van der Waals surface area contributed by atoms with Crippen molar-refractivity contribution in [3.05, 3.63) is 23.7 Å². The van der Waals surface area contributed by atoms with Crippen LogP contribution in [0.4, 0.5) is 0 Å². The highest BCUT2D eigenvalue weighted by Crippen LogP contribution is 2.11. The number of esters is 1. The van der Waals surface area contributed by atoms with Crippen molar-refractivity contribution in [2.45, 2.75) is 12.8 Å². The molecule has 4 heteroatoms. The standard InChI is InChI=1S/C9H11BrO3/c1-12-9(11)8-5-4-7(13-8)3-2-6-10/h4-5H,2-3,6H2,1H3. The molecular formula is C9H11BrO3. The Labute approximate surface area is 85.2 Å². The molecule has 0 radical (unpaired) electrons. The van der Waals surface area contributed by atoms with Gasteiger partial charge in [-0.1, -0.05) is 15.9 Å². The first-order valence-corrected chi connectivity index (χ1v) is 5.13. The molecule has 0 atom stereocenters. The lowest BCUT2D eigenvalue weighted by Crippen LogP contribution is -1.98. The van der Waals surface area contributed by atoms with Crippen LogP contribution in [0.1, 0.15) is 22.7 Å². The molecule has 0 fully saturated rings. The van der Waals surface area contributed by atoms with Gasteiger partial charge in [0, 0.05) is 11.8 Å². The summed E-state index contributed by atoms with van der Waals surface area (Å²) in [5.41, 5.74) is 0. The molecule has 1 aromatic heterocycles. The van der Waals surface area contributed by atoms with Gasteiger partial charge in [0.1, 0.15) is 5.76 Å². The number of rotatable bonds is 4. The van der Waals surface area contributed by atoms with Gasteiger partial charge in [0.15, 0.2) is 0 Å². The van der Waals surface area contributed by atoms with E-state index in [-0.39, 0.29) is 5.76 Å². The summed E-state index contributed by atoms with van der Waals surface area (Å²) < 4.78 is 9.76. The molecule has 0 spiro atoms. The zero-order valence-electron chi connectivity index (χ0n) is 7.38. The van der Waals surface area contributed by atoms with Gasteiger partial charge >= 0.3 is 5.97 Å². The van der Waals surface area contributed by atoms with Gasteiger partial charge in [0.05, 0.1) is 7.11 Å². The molecule has 0 bridgehead atoms. The molecule has 0 aliphatic heterocycles. The quantitative estimate of drug-likeness (QED) is 0.605. The molecule has 0 N–H and O–H groups in total. The maximum Gasteiger partial charge on any atom is 0.373 e. The van der Waals surface area contributed by atoms with Crippen LogP contribution in [0.25, 0.3) is 0 Å². The van der Waals surface area contributed by atoms with E-state index >= 15 is 0 Å². The molecule has 0 saturated carbocycles. The number of methoxy groups -OCH3 is 1. The van der Waals surface area contributed by atoms with Gasteiger partial charge in [0.25, 0.3) is 0 Å². The number of hydrogen-bond acceptors (Lipinski definition) is 3. The van der Waals surface area contributed by atoms with Gasteiger partial charge in [-0.15, -0.1) is 0 Å². The third kappa shape index (κ3) is 2.88. The van der Waals surface area contributed by atoms with E-state index in [9.17, 15) is 4.79 Å². The van der Waals surface area contributed by atoms with E-state index < -0.39 is 5.97 Å². The normalized spacial score (nSPS) is 10.0. The monoisotopic (exact) mass is 246 g/mol. The smallest absolute Gasteiger partial charge is 0.373 e. The Balaban J connectivity index is 2.58. The molecule has 0 unspecified atom stereocenters. The van der Waals surface area contributed by atoms with Crippen LogP contribution in [0.2, 0.25) is 0 Å². The minimum Gasteiger partial charge on any atom is -0.463 e. The van der Waals surface area contributed by atoms with Crippen LogP contribution in [0.5, 0.6) is 0 Å². The molecule has 1 aromatic rings. The first kappa shape index (κ1) is 10.3. The number of aryl methyl sites for hydroxylation is 1. The lowest BCUT2D eigenvalue weighted by molar-refractivity contribution is 0.0563. The van der Waals surface area contributed by atoms with Crippen LogP contribution in [0.15, 0.2) is 16.5 Å². The van der Waals surface area contributed by atoms with Crippen LogP contribution in [-0.2, 0) is 11.2 Å². The highest BCUT2D eigenvalue weighted by Gasteiger charge is 2.10. The number of furan rings is 1. The largest absolute Gasteiger partial charge is 0.463 e. The van der Waals surface area contributed by atoms with Crippen LogP contribution in [0.3, 0.4) is 0 Å². The average Bonchev–Trinajstić information content (AvgIpc) is 2.62. The first-order valence-electron chi connectivity index (χ1n) is 4.01. The van der Waals surface area contributed by atoms with Crippen LogP contribution in [0, 0.1) is 0 Å². The molecule has 13 heavy (non-hydrogen) atoms. The molecule has 0 aromatic carbocycles. The van der Waals surface area contributed by atoms with Crippen molar-refractivity contribution in [3.63, 3.8) is 0 Å². The Bertz CT molecular complexity index is 280. The minimum absolute atomic E-state index is 0.270. The van der Waals surface area contributed by atoms with Crippen molar-refractivity contribution < 1.29 is 13.9 Å². The van der Waals surface area contributed by atoms with Crippen molar-refractivity contribution in [3.8, 4) is 0 Å². The van der Waals surface area contributed by atoms with Gasteiger partial charge in [-0.05, 0) is 18.6 Å². The summed E-state index contributed by atoms with van der Waals surface area (Å²) in [7, 11) is 1.34. The summed E-state index contributed by atoms with van der Waals surface area (Å²) in [6.07, 6.45) is 1.83. The second kappa shape index (κ2) is 5.07. The van der Waals surface area contributed by atoms with Crippen molar-refractivity contribution in [2.24, 2.45) is 0 Å². The Morgan fingerprint density at radius 3 is 3.00 bits per heavy atom. The molecule has 0 amide bonds. The lowest BCUT2D eigenvalue weighted by Gasteiger charge is -1.94. The lowest BCUT2D eigenvalue weighted by atomic mass is 10.3. The van der Waals surface area contributed by atoms with Gasteiger partial charge in [-0.25, -0.2) is 4.79 Å². The minimum atomic E-state index is -0.426. The predicted molar refractivity (Wildman–Crippen MR) is 52.2 cm³/mol. The first-order chi connectivity index (χ1) is 6.27. The number of carbonyl (C=O) groups excluding carboxylic acids is 1. The summed E-state index contributed by atoms with van der Waals surface area (Å²) in [4.78, 5) is 11.0. The summed E-state index contributed by atoms with van der Waals surface area (Å²) in [5, 5.41) is 0.932. The van der Waals surface area contributed by atoms with Crippen molar-refractivity contribution >= 4 is 21.9 Å². The van der Waals surface area contributed by atoms with E-state index in [1.807, 2.05) is 0 Å². The van der Waals surface area contributed by atoms with Crippen molar-refractivity contribution in [1.82, 2.24) is 0 Å². The molecule has 0 aliphatic rings. The van der Waals surface area contributed by atoms with E-state index in [4.69, 9.17) is 4.42 Å². The van der Waals surface area contributed by atoms with E-state index in [2.05, 4.69) is 20.7 Å². The fraction of sp³-hybridized carbons (Fsp3) is 0.444. The van der Waals surface area contributed by atoms with Crippen molar-refractivity contribution in [2.75, 3.05) is 12.4 Å². The molecule has 0 saturated heterocycles. The molecule has 0 aliphatic carbocycles. The zero-order valence-corrected chi connectivity index (χ0v) is 8.96. The summed E-state index contributed by atoms with van der Waals surface area (Å²) in [6, 6.07) is 3.43. The SMILES string of the molecule is COC(=O)c1ccc(CCCBr)o1. The highest BCUT2D eigenvalue weighted by molar-refractivity contribution is 9.09. The maximum atomic E-state index is 11.0. The Hall–Kier alpha value is -0.770. The average molecular weight is 247 g/mol. The van der Waals surface area contributed by atoms with Gasteiger partial charge < -0.3 is 9.15 Å². The molecule has 72 valence electrons.